The van der Waals surface area contributed by atoms with E-state index in [4.69, 9.17) is 42.6 Å². The number of aliphatic hydroxyl groups is 1. The van der Waals surface area contributed by atoms with Gasteiger partial charge in [0.15, 0.2) is 24.3 Å². The Morgan fingerprint density at radius 3 is 2.10 bits per heavy atom. The largest absolute Gasteiger partial charge is 0.458 e. The number of amides is 2. The lowest BCUT2D eigenvalue weighted by Crippen LogP contribution is -2.62. The monoisotopic (exact) mass is 886 g/mol. The zero-order chi connectivity index (χ0) is 46.9. The number of carbonyl (C=O) groups excluding carboxylic acids is 4. The molecule has 18 atom stereocenters. The number of methoxy groups -OCH3 is 2. The summed E-state index contributed by atoms with van der Waals surface area (Å²) in [5.74, 6) is -3.94. The van der Waals surface area contributed by atoms with E-state index in [2.05, 4.69) is 10.6 Å². The van der Waals surface area contributed by atoms with Crippen LogP contribution in [0.1, 0.15) is 116 Å². The second-order valence-electron chi connectivity index (χ2n) is 20.5. The van der Waals surface area contributed by atoms with Crippen LogP contribution in [0.15, 0.2) is 0 Å². The van der Waals surface area contributed by atoms with E-state index in [0.717, 1.165) is 0 Å². The average Bonchev–Trinajstić information content (AvgIpc) is 3.51. The zero-order valence-corrected chi connectivity index (χ0v) is 40.4. The Kier molecular flexibility index (Phi) is 17.0. The minimum absolute atomic E-state index is 0.0952. The normalized spacial score (nSPS) is 43.8. The number of likely N-dealkylation sites (N-methyl/N-ethyl adjacent to an activating group) is 1. The fraction of sp³-hybridized carbons (Fsp3) is 0.911. The molecule has 4 fully saturated rings. The third-order valence-electron chi connectivity index (χ3n) is 13.8. The van der Waals surface area contributed by atoms with E-state index >= 15 is 0 Å². The molecular formula is C45H79N3O14. The van der Waals surface area contributed by atoms with Crippen molar-refractivity contribution in [3.8, 4) is 0 Å². The van der Waals surface area contributed by atoms with Crippen molar-refractivity contribution in [1.29, 1.82) is 0 Å². The quantitative estimate of drug-likeness (QED) is 0.196. The molecule has 17 nitrogen and oxygen atoms in total. The molecule has 17 unspecified atom stereocenters. The van der Waals surface area contributed by atoms with Gasteiger partial charge < -0.3 is 63.3 Å². The molecule has 0 saturated carbocycles. The molecular weight excluding hydrogens is 807 g/mol. The van der Waals surface area contributed by atoms with E-state index < -0.39 is 114 Å². The predicted octanol–water partition coefficient (Wildman–Crippen LogP) is 4.97. The fourth-order valence-electron chi connectivity index (χ4n) is 10.0. The van der Waals surface area contributed by atoms with Crippen LogP contribution in [0.5, 0.6) is 0 Å². The van der Waals surface area contributed by atoms with E-state index in [0.29, 0.717) is 13.0 Å². The van der Waals surface area contributed by atoms with Gasteiger partial charge in [-0.1, -0.05) is 48.5 Å². The smallest absolute Gasteiger partial charge is 0.408 e. The first-order valence-electron chi connectivity index (χ1n) is 22.4. The number of rotatable bonds is 10. The fourth-order valence-corrected chi connectivity index (χ4v) is 10.0. The van der Waals surface area contributed by atoms with Crippen LogP contribution >= 0.6 is 0 Å². The first-order valence-corrected chi connectivity index (χ1v) is 22.4. The first-order chi connectivity index (χ1) is 28.6. The van der Waals surface area contributed by atoms with Crippen LogP contribution in [0, 0.1) is 29.1 Å². The van der Waals surface area contributed by atoms with Crippen LogP contribution in [-0.2, 0) is 52.2 Å². The van der Waals surface area contributed by atoms with Crippen LogP contribution in [-0.4, -0.2) is 153 Å². The van der Waals surface area contributed by atoms with Gasteiger partial charge in [0, 0.05) is 51.0 Å². The van der Waals surface area contributed by atoms with E-state index in [1.165, 1.54) is 14.2 Å². The maximum Gasteiger partial charge on any atom is 0.408 e. The van der Waals surface area contributed by atoms with Crippen molar-refractivity contribution in [3.05, 3.63) is 0 Å². The Bertz CT molecular complexity index is 1560. The molecule has 0 radical (unpaired) electrons. The molecule has 62 heavy (non-hydrogen) atoms. The van der Waals surface area contributed by atoms with Gasteiger partial charge in [0.1, 0.15) is 23.6 Å². The van der Waals surface area contributed by atoms with Gasteiger partial charge in [-0.25, -0.2) is 9.59 Å². The molecule has 0 spiro atoms. The van der Waals surface area contributed by atoms with Gasteiger partial charge in [0.25, 0.3) is 0 Å². The number of ether oxygens (including phenoxy) is 9. The minimum atomic E-state index is -1.39. The number of alkyl carbamates (subject to hydrolysis) is 2. The number of fused-ring (bicyclic) bond motifs is 1. The van der Waals surface area contributed by atoms with Crippen LogP contribution < -0.4 is 10.6 Å². The topological polar surface area (TPSA) is 199 Å². The number of ketones is 1. The van der Waals surface area contributed by atoms with Gasteiger partial charge in [-0.05, 0) is 80.3 Å². The summed E-state index contributed by atoms with van der Waals surface area (Å²) in [6.07, 6.45) is -8.22. The molecule has 4 aliphatic heterocycles. The number of Topliss-reactive ketones (excluding diaryl/α,β-unsaturated/α-hetero) is 1. The summed E-state index contributed by atoms with van der Waals surface area (Å²) in [5, 5.41) is 17.4. The highest BCUT2D eigenvalue weighted by atomic mass is 16.7. The molecule has 2 amide bonds. The third kappa shape index (κ3) is 11.4. The molecule has 3 N–H and O–H groups in total. The van der Waals surface area contributed by atoms with E-state index in [1.54, 1.807) is 27.7 Å². The van der Waals surface area contributed by atoms with Crippen LogP contribution in [0.25, 0.3) is 0 Å². The standard InChI is InChI=1S/C45H79N3O14/c1-18-30-45(13)35(47-41(53)62-45)25(4)32(49)23(2)20-43(11,54-16)36(60-39-33(50)29(48(14)15)19-24(3)56-39)26(5)34(27(6)38(51)58-30)59-31-21-44(12,55-17)37(28(7)57-31)61-40(52)46-22-42(8,9)10/h23-31,33-37,39,50H,18-22H2,1-17H3,(H,46,52)(H,47,53)/t23?,24?,25?,26?,27?,28?,29?,30-,31?,33?,34?,35?,36?,37?,39?,43?,44?,45?/m1/s1. The lowest BCUT2D eigenvalue weighted by atomic mass is 9.73. The number of nitrogens with zero attached hydrogens (tertiary/aromatic N) is 1. The number of esters is 1. The molecule has 4 heterocycles. The minimum Gasteiger partial charge on any atom is -0.458 e. The second-order valence-corrected chi connectivity index (χ2v) is 20.5. The summed E-state index contributed by atoms with van der Waals surface area (Å²) < 4.78 is 57.2. The number of cyclic esters (lactones) is 1. The number of aliphatic hydroxyl groups excluding tert-OH is 1. The van der Waals surface area contributed by atoms with Crippen LogP contribution in [0.3, 0.4) is 0 Å². The molecule has 0 aromatic carbocycles. The number of nitrogens with one attached hydrogen (secondary N) is 2. The molecule has 4 aliphatic rings. The van der Waals surface area contributed by atoms with Crippen molar-refractivity contribution >= 4 is 23.9 Å². The van der Waals surface area contributed by atoms with E-state index in [9.17, 15) is 24.3 Å². The number of carbonyl (C=O) groups is 4. The van der Waals surface area contributed by atoms with Crippen molar-refractivity contribution < 1.29 is 66.9 Å². The van der Waals surface area contributed by atoms with Gasteiger partial charge in [-0.3, -0.25) is 9.59 Å². The van der Waals surface area contributed by atoms with E-state index in [-0.39, 0.29) is 42.6 Å². The molecule has 0 aromatic rings. The average molecular weight is 886 g/mol. The Hall–Kier alpha value is -2.64. The summed E-state index contributed by atoms with van der Waals surface area (Å²) in [6.45, 7) is 24.3. The predicted molar refractivity (Wildman–Crippen MR) is 228 cm³/mol. The van der Waals surface area contributed by atoms with Crippen molar-refractivity contribution in [2.75, 3.05) is 34.9 Å². The van der Waals surface area contributed by atoms with Crippen molar-refractivity contribution in [2.45, 2.75) is 200 Å². The maximum absolute atomic E-state index is 14.7. The van der Waals surface area contributed by atoms with Gasteiger partial charge in [-0.15, -0.1) is 0 Å². The maximum atomic E-state index is 14.7. The molecule has 0 aliphatic carbocycles. The second kappa shape index (κ2) is 20.3. The first kappa shape index (κ1) is 52.0. The lowest BCUT2D eigenvalue weighted by molar-refractivity contribution is -0.319. The summed E-state index contributed by atoms with van der Waals surface area (Å²) in [4.78, 5) is 57.0. The zero-order valence-electron chi connectivity index (χ0n) is 40.4. The Morgan fingerprint density at radius 2 is 1.53 bits per heavy atom. The molecule has 358 valence electrons. The molecule has 17 heteroatoms. The third-order valence-corrected chi connectivity index (χ3v) is 13.8. The van der Waals surface area contributed by atoms with Gasteiger partial charge in [-0.2, -0.15) is 0 Å². The summed E-state index contributed by atoms with van der Waals surface area (Å²) in [6, 6.07) is -1.12. The summed E-state index contributed by atoms with van der Waals surface area (Å²) >= 11 is 0. The van der Waals surface area contributed by atoms with Gasteiger partial charge in [0.2, 0.25) is 0 Å². The highest BCUT2D eigenvalue weighted by Crippen LogP contribution is 2.43. The lowest BCUT2D eigenvalue weighted by Gasteiger charge is -2.50. The van der Waals surface area contributed by atoms with Crippen molar-refractivity contribution in [1.82, 2.24) is 15.5 Å². The van der Waals surface area contributed by atoms with Crippen molar-refractivity contribution in [2.24, 2.45) is 29.1 Å². The Labute approximate surface area is 369 Å². The molecule has 0 bridgehead atoms. The molecule has 4 saturated heterocycles. The summed E-state index contributed by atoms with van der Waals surface area (Å²) in [7, 11) is 6.83. The Balaban J connectivity index is 1.83. The van der Waals surface area contributed by atoms with Crippen LogP contribution in [0.2, 0.25) is 0 Å². The highest BCUT2D eigenvalue weighted by Gasteiger charge is 2.58. The molecule has 0 aromatic heterocycles. The van der Waals surface area contributed by atoms with Crippen LogP contribution in [0.4, 0.5) is 9.59 Å². The van der Waals surface area contributed by atoms with Gasteiger partial charge in [0.05, 0.1) is 42.0 Å². The highest BCUT2D eigenvalue weighted by molar-refractivity contribution is 5.85. The SMILES string of the molecule is CC[C@H]1OC(=O)C(C)C(OC2CC(C)(OC)C(OC(=O)NCC(C)(C)C)C(C)O2)C(C)C(OC2OC(C)CC(N(C)C)C2O)C(C)(OC)CC(C)C(=O)C(C)C2NC(=O)OC21C. The number of hydrogen-bond acceptors (Lipinski definition) is 15. The Morgan fingerprint density at radius 1 is 0.919 bits per heavy atom. The van der Waals surface area contributed by atoms with Crippen molar-refractivity contribution in [3.63, 3.8) is 0 Å². The van der Waals surface area contributed by atoms with Gasteiger partial charge >= 0.3 is 18.2 Å². The summed E-state index contributed by atoms with van der Waals surface area (Å²) in [5.41, 5.74) is -3.91. The van der Waals surface area contributed by atoms with E-state index in [1.807, 2.05) is 81.3 Å². The molecule has 4 rings (SSSR count). The number of hydrogen-bond donors (Lipinski definition) is 3.